The van der Waals surface area contributed by atoms with E-state index in [1.54, 1.807) is 24.3 Å². The van der Waals surface area contributed by atoms with Crippen LogP contribution >= 0.6 is 24.8 Å². The van der Waals surface area contributed by atoms with Gasteiger partial charge in [-0.1, -0.05) is 0 Å². The molecule has 1 heterocycles. The van der Waals surface area contributed by atoms with Crippen LogP contribution in [0.25, 0.3) is 0 Å². The van der Waals surface area contributed by atoms with E-state index in [2.05, 4.69) is 16.0 Å². The first-order valence-electron chi connectivity index (χ1n) is 7.63. The summed E-state index contributed by atoms with van der Waals surface area (Å²) >= 11 is 0. The van der Waals surface area contributed by atoms with Gasteiger partial charge in [-0.2, -0.15) is 0 Å². The summed E-state index contributed by atoms with van der Waals surface area (Å²) in [4.78, 5) is 25.7. The van der Waals surface area contributed by atoms with Gasteiger partial charge in [0.2, 0.25) is 11.8 Å². The summed E-state index contributed by atoms with van der Waals surface area (Å²) in [7, 11) is 3.87. The monoisotopic (exact) mass is 376 g/mol. The van der Waals surface area contributed by atoms with Crippen LogP contribution in [0.5, 0.6) is 0 Å². The second kappa shape index (κ2) is 11.3. The Morgan fingerprint density at radius 1 is 1.12 bits per heavy atom. The maximum Gasteiger partial charge on any atom is 0.241 e. The number of halogens is 2. The molecule has 2 rings (SSSR count). The summed E-state index contributed by atoms with van der Waals surface area (Å²) in [6, 6.07) is 7.10. The lowest BCUT2D eigenvalue weighted by molar-refractivity contribution is -0.118. The van der Waals surface area contributed by atoms with E-state index in [-0.39, 0.29) is 42.7 Å². The van der Waals surface area contributed by atoms with Gasteiger partial charge in [0.1, 0.15) is 0 Å². The first-order chi connectivity index (χ1) is 10.5. The van der Waals surface area contributed by atoms with E-state index in [0.717, 1.165) is 30.8 Å². The van der Waals surface area contributed by atoms with Crippen LogP contribution in [0.3, 0.4) is 0 Å². The maximum absolute atomic E-state index is 12.0. The molecule has 24 heavy (non-hydrogen) atoms. The van der Waals surface area contributed by atoms with Crippen molar-refractivity contribution in [3.8, 4) is 0 Å². The number of hydrogen-bond acceptors (Lipinski definition) is 4. The standard InChI is InChI=1S/C16H24N4O2.2ClH/c1-20(2)11-9-15(21)18-12-5-7-13(8-6-12)19-16(22)14-4-3-10-17-14;;/h5-8,14,17H,3-4,9-11H2,1-2H3,(H,18,21)(H,19,22);2*1H. The second-order valence-electron chi connectivity index (χ2n) is 5.82. The Morgan fingerprint density at radius 3 is 2.21 bits per heavy atom. The Morgan fingerprint density at radius 2 is 1.71 bits per heavy atom. The van der Waals surface area contributed by atoms with Crippen molar-refractivity contribution in [3.63, 3.8) is 0 Å². The molecular weight excluding hydrogens is 351 g/mol. The van der Waals surface area contributed by atoms with Gasteiger partial charge in [-0.3, -0.25) is 9.59 Å². The van der Waals surface area contributed by atoms with Gasteiger partial charge in [-0.05, 0) is 57.7 Å². The van der Waals surface area contributed by atoms with Crippen molar-refractivity contribution in [3.05, 3.63) is 24.3 Å². The van der Waals surface area contributed by atoms with Crippen LogP contribution < -0.4 is 16.0 Å². The first-order valence-corrected chi connectivity index (χ1v) is 7.63. The average Bonchev–Trinajstić information content (AvgIpc) is 3.01. The van der Waals surface area contributed by atoms with Gasteiger partial charge >= 0.3 is 0 Å². The summed E-state index contributed by atoms with van der Waals surface area (Å²) < 4.78 is 0. The summed E-state index contributed by atoms with van der Waals surface area (Å²) in [5.41, 5.74) is 1.48. The number of nitrogens with one attached hydrogen (secondary N) is 3. The molecule has 1 fully saturated rings. The fourth-order valence-corrected chi connectivity index (χ4v) is 2.32. The molecule has 8 heteroatoms. The molecule has 3 N–H and O–H groups in total. The topological polar surface area (TPSA) is 73.5 Å². The predicted molar refractivity (Wildman–Crippen MR) is 102 cm³/mol. The minimum atomic E-state index is -0.0922. The molecule has 1 atom stereocenters. The van der Waals surface area contributed by atoms with Crippen LogP contribution in [0.15, 0.2) is 24.3 Å². The molecule has 6 nitrogen and oxygen atoms in total. The van der Waals surface area contributed by atoms with Crippen LogP contribution in [-0.2, 0) is 9.59 Å². The number of carbonyl (C=O) groups excluding carboxylic acids is 2. The molecule has 0 spiro atoms. The number of amides is 2. The molecule has 1 saturated heterocycles. The van der Waals surface area contributed by atoms with E-state index in [9.17, 15) is 9.59 Å². The molecule has 0 bridgehead atoms. The number of hydrogen-bond donors (Lipinski definition) is 3. The number of benzene rings is 1. The van der Waals surface area contributed by atoms with Gasteiger partial charge in [-0.15, -0.1) is 24.8 Å². The molecule has 1 aromatic rings. The van der Waals surface area contributed by atoms with Crippen molar-refractivity contribution in [1.29, 1.82) is 0 Å². The highest BCUT2D eigenvalue weighted by molar-refractivity contribution is 5.95. The van der Waals surface area contributed by atoms with Crippen molar-refractivity contribution >= 4 is 48.0 Å². The number of nitrogens with zero attached hydrogens (tertiary/aromatic N) is 1. The smallest absolute Gasteiger partial charge is 0.241 e. The maximum atomic E-state index is 12.0. The van der Waals surface area contributed by atoms with E-state index < -0.39 is 0 Å². The molecule has 0 radical (unpaired) electrons. The minimum absolute atomic E-state index is 0. The molecule has 136 valence electrons. The SMILES string of the molecule is CN(C)CCC(=O)Nc1ccc(NC(=O)C2CCCN2)cc1.Cl.Cl. The minimum Gasteiger partial charge on any atom is -0.326 e. The fraction of sp³-hybridized carbons (Fsp3) is 0.500. The summed E-state index contributed by atoms with van der Waals surface area (Å²) in [5, 5.41) is 8.89. The Bertz CT molecular complexity index is 517. The molecule has 1 aromatic carbocycles. The molecule has 0 aliphatic carbocycles. The third kappa shape index (κ3) is 7.49. The first kappa shape index (κ1) is 22.7. The van der Waals surface area contributed by atoms with Crippen LogP contribution in [0.1, 0.15) is 19.3 Å². The highest BCUT2D eigenvalue weighted by Gasteiger charge is 2.21. The molecule has 1 aliphatic heterocycles. The van der Waals surface area contributed by atoms with E-state index in [1.165, 1.54) is 0 Å². The van der Waals surface area contributed by atoms with Crippen LogP contribution in [0.4, 0.5) is 11.4 Å². The summed E-state index contributed by atoms with van der Waals surface area (Å²) in [6.45, 7) is 1.62. The second-order valence-corrected chi connectivity index (χ2v) is 5.82. The molecule has 1 unspecified atom stereocenters. The highest BCUT2D eigenvalue weighted by atomic mass is 35.5. The normalized spacial score (nSPS) is 16.0. The lowest BCUT2D eigenvalue weighted by atomic mass is 10.2. The Labute approximate surface area is 155 Å². The zero-order valence-corrected chi connectivity index (χ0v) is 15.6. The van der Waals surface area contributed by atoms with Crippen molar-refractivity contribution in [2.45, 2.75) is 25.3 Å². The molecule has 1 aliphatic rings. The zero-order chi connectivity index (χ0) is 15.9. The quantitative estimate of drug-likeness (QED) is 0.710. The zero-order valence-electron chi connectivity index (χ0n) is 14.0. The van der Waals surface area contributed by atoms with E-state index in [1.807, 2.05) is 19.0 Å². The van der Waals surface area contributed by atoms with E-state index in [4.69, 9.17) is 0 Å². The van der Waals surface area contributed by atoms with E-state index in [0.29, 0.717) is 13.0 Å². The number of carbonyl (C=O) groups is 2. The third-order valence-corrected chi connectivity index (χ3v) is 3.60. The number of rotatable bonds is 6. The van der Waals surface area contributed by atoms with Crippen molar-refractivity contribution in [2.24, 2.45) is 0 Å². The third-order valence-electron chi connectivity index (χ3n) is 3.60. The summed E-state index contributed by atoms with van der Waals surface area (Å²) in [5.74, 6) is -0.0130. The highest BCUT2D eigenvalue weighted by Crippen LogP contribution is 2.15. The Kier molecular flexibility index (Phi) is 10.6. The van der Waals surface area contributed by atoms with Crippen LogP contribution in [0, 0.1) is 0 Å². The van der Waals surface area contributed by atoms with Crippen LogP contribution in [0.2, 0.25) is 0 Å². The van der Waals surface area contributed by atoms with Crippen LogP contribution in [-0.4, -0.2) is 49.9 Å². The molecule has 0 aromatic heterocycles. The molecule has 0 saturated carbocycles. The van der Waals surface area contributed by atoms with Crippen molar-refractivity contribution in [2.75, 3.05) is 37.8 Å². The van der Waals surface area contributed by atoms with Gasteiger partial charge in [0.25, 0.3) is 0 Å². The summed E-state index contributed by atoms with van der Waals surface area (Å²) in [6.07, 6.45) is 2.38. The molecular formula is C16H26Cl2N4O2. The average molecular weight is 377 g/mol. The number of anilines is 2. The van der Waals surface area contributed by atoms with Gasteiger partial charge in [-0.25, -0.2) is 0 Å². The Hall–Kier alpha value is -1.34. The van der Waals surface area contributed by atoms with Gasteiger partial charge < -0.3 is 20.9 Å². The van der Waals surface area contributed by atoms with Crippen molar-refractivity contribution in [1.82, 2.24) is 10.2 Å². The van der Waals surface area contributed by atoms with Crippen molar-refractivity contribution < 1.29 is 9.59 Å². The largest absolute Gasteiger partial charge is 0.326 e. The molecule has 2 amide bonds. The van der Waals surface area contributed by atoms with Gasteiger partial charge in [0.05, 0.1) is 6.04 Å². The predicted octanol–water partition coefficient (Wildman–Crippen LogP) is 2.11. The Balaban J connectivity index is 0.00000264. The lowest BCUT2D eigenvalue weighted by Gasteiger charge is -2.12. The van der Waals surface area contributed by atoms with Gasteiger partial charge in [0, 0.05) is 24.3 Å². The fourth-order valence-electron chi connectivity index (χ4n) is 2.32. The van der Waals surface area contributed by atoms with Gasteiger partial charge in [0.15, 0.2) is 0 Å². The lowest BCUT2D eigenvalue weighted by Crippen LogP contribution is -2.35. The van der Waals surface area contributed by atoms with E-state index >= 15 is 0 Å².